The summed E-state index contributed by atoms with van der Waals surface area (Å²) in [6.45, 7) is 4.18. The van der Waals surface area contributed by atoms with Crippen LogP contribution in [-0.4, -0.2) is 75.5 Å². The molecule has 0 spiro atoms. The fourth-order valence-corrected chi connectivity index (χ4v) is 5.72. The molecule has 2 aromatic heterocycles. The largest absolute Gasteiger partial charge is 0.395 e. The number of benzene rings is 2. The van der Waals surface area contributed by atoms with Crippen molar-refractivity contribution in [2.24, 2.45) is 0 Å². The number of aromatic nitrogens is 4. The number of fused-ring (bicyclic) bond motifs is 1. The van der Waals surface area contributed by atoms with Gasteiger partial charge < -0.3 is 19.4 Å². The van der Waals surface area contributed by atoms with Crippen molar-refractivity contribution in [2.45, 2.75) is 38.5 Å². The molecule has 0 saturated carbocycles. The highest BCUT2D eigenvalue weighted by Crippen LogP contribution is 2.37. The Morgan fingerprint density at radius 2 is 1.90 bits per heavy atom. The second kappa shape index (κ2) is 11.4. The molecule has 2 fully saturated rings. The quantitative estimate of drug-likeness (QED) is 0.333. The zero-order valence-corrected chi connectivity index (χ0v) is 22.8. The lowest BCUT2D eigenvalue weighted by atomic mass is 9.96. The molecule has 12 heteroatoms. The highest BCUT2D eigenvalue weighted by molar-refractivity contribution is 6.00. The van der Waals surface area contributed by atoms with Crippen LogP contribution in [0.2, 0.25) is 0 Å². The van der Waals surface area contributed by atoms with Gasteiger partial charge in [0.15, 0.2) is 5.82 Å². The lowest BCUT2D eigenvalue weighted by molar-refractivity contribution is 0.199. The number of carbonyl (C=O) groups excluding carboxylic acids is 1. The number of carbonyl (C=O) groups is 1. The van der Waals surface area contributed by atoms with Crippen molar-refractivity contribution >= 4 is 28.4 Å². The van der Waals surface area contributed by atoms with E-state index in [0.29, 0.717) is 59.9 Å². The van der Waals surface area contributed by atoms with E-state index in [1.807, 2.05) is 0 Å². The molecule has 2 aliphatic heterocycles. The van der Waals surface area contributed by atoms with Crippen LogP contribution in [-0.2, 0) is 6.42 Å². The zero-order valence-electron chi connectivity index (χ0n) is 22.8. The van der Waals surface area contributed by atoms with Crippen LogP contribution >= 0.6 is 0 Å². The summed E-state index contributed by atoms with van der Waals surface area (Å²) in [5.41, 5.74) is 1.53. The van der Waals surface area contributed by atoms with Crippen molar-refractivity contribution in [1.82, 2.24) is 25.0 Å². The third kappa shape index (κ3) is 5.19. The summed E-state index contributed by atoms with van der Waals surface area (Å²) in [5, 5.41) is 13.8. The first kappa shape index (κ1) is 27.0. The first-order chi connectivity index (χ1) is 20.0. The number of hydrogen-bond acceptors (Lipinski definition) is 8. The zero-order chi connectivity index (χ0) is 28.5. The maximum atomic E-state index is 15.4. The lowest BCUT2D eigenvalue weighted by Crippen LogP contribution is -2.34. The fraction of sp³-hybridized carbons (Fsp3) is 0.414. The number of anilines is 2. The number of aliphatic hydroxyl groups excluding tert-OH is 1. The van der Waals surface area contributed by atoms with E-state index in [2.05, 4.69) is 31.9 Å². The second-order valence-corrected chi connectivity index (χ2v) is 10.4. The molecular formula is C29H31F2N7O3. The van der Waals surface area contributed by atoms with Crippen LogP contribution in [0.15, 0.2) is 41.2 Å². The number of β-amino-alcohol motifs (C(OH)–C–C–N with tert-alkyl or cyclic N) is 1. The Bertz CT molecular complexity index is 1570. The first-order valence-corrected chi connectivity index (χ1v) is 14.0. The van der Waals surface area contributed by atoms with Crippen LogP contribution in [0.25, 0.3) is 22.0 Å². The molecule has 2 amide bonds. The van der Waals surface area contributed by atoms with E-state index in [1.165, 1.54) is 40.4 Å². The molecule has 0 aliphatic carbocycles. The topological polar surface area (TPSA) is 112 Å². The van der Waals surface area contributed by atoms with Gasteiger partial charge in [0.2, 0.25) is 5.89 Å². The Morgan fingerprint density at radius 1 is 1.07 bits per heavy atom. The Morgan fingerprint density at radius 3 is 2.66 bits per heavy atom. The van der Waals surface area contributed by atoms with Crippen molar-refractivity contribution in [3.8, 4) is 11.1 Å². The molecule has 1 N–H and O–H groups in total. The summed E-state index contributed by atoms with van der Waals surface area (Å²) in [5.74, 6) is 1.09. The average molecular weight is 564 g/mol. The molecule has 0 radical (unpaired) electrons. The minimum atomic E-state index is -0.599. The molecule has 6 rings (SSSR count). The summed E-state index contributed by atoms with van der Waals surface area (Å²) >= 11 is 0. The van der Waals surface area contributed by atoms with Crippen LogP contribution in [0, 0.1) is 11.6 Å². The van der Waals surface area contributed by atoms with E-state index in [-0.39, 0.29) is 30.8 Å². The Labute approximate surface area is 235 Å². The predicted octanol–water partition coefficient (Wildman–Crippen LogP) is 4.53. The van der Waals surface area contributed by atoms with E-state index < -0.39 is 11.6 Å². The lowest BCUT2D eigenvalue weighted by Gasteiger charge is -2.32. The molecule has 4 heterocycles. The molecule has 4 aromatic rings. The SMILES string of the molecule is CCCc1noc(C2CCN(c3ncnc4c(-c5ccc(N6CCN(CCO)C6=O)c(F)c5)cc(F)cc34)CC2)n1. The van der Waals surface area contributed by atoms with Crippen molar-refractivity contribution in [3.63, 3.8) is 0 Å². The molecule has 41 heavy (non-hydrogen) atoms. The Hall–Kier alpha value is -4.19. The third-order valence-corrected chi connectivity index (χ3v) is 7.80. The van der Waals surface area contributed by atoms with Gasteiger partial charge in [0, 0.05) is 56.0 Å². The average Bonchev–Trinajstić information content (AvgIpc) is 3.59. The van der Waals surface area contributed by atoms with Crippen LogP contribution in [0.3, 0.4) is 0 Å². The van der Waals surface area contributed by atoms with Crippen LogP contribution in [0.4, 0.5) is 25.1 Å². The third-order valence-electron chi connectivity index (χ3n) is 7.80. The molecule has 2 aromatic carbocycles. The normalized spacial score (nSPS) is 16.4. The molecule has 0 bridgehead atoms. The summed E-state index contributed by atoms with van der Waals surface area (Å²) in [7, 11) is 0. The van der Waals surface area contributed by atoms with Gasteiger partial charge in [0.25, 0.3) is 0 Å². The highest BCUT2D eigenvalue weighted by atomic mass is 19.1. The van der Waals surface area contributed by atoms with E-state index in [0.717, 1.165) is 31.5 Å². The maximum absolute atomic E-state index is 15.4. The molecule has 2 aliphatic rings. The number of hydrogen-bond donors (Lipinski definition) is 1. The summed E-state index contributed by atoms with van der Waals surface area (Å²) in [6.07, 6.45) is 4.77. The minimum Gasteiger partial charge on any atom is -0.395 e. The summed E-state index contributed by atoms with van der Waals surface area (Å²) in [4.78, 5) is 31.1. The summed E-state index contributed by atoms with van der Waals surface area (Å²) < 4.78 is 35.8. The van der Waals surface area contributed by atoms with Gasteiger partial charge in [-0.25, -0.2) is 23.5 Å². The number of urea groups is 1. The van der Waals surface area contributed by atoms with E-state index in [1.54, 1.807) is 6.07 Å². The number of aliphatic hydroxyl groups is 1. The van der Waals surface area contributed by atoms with Gasteiger partial charge in [-0.1, -0.05) is 18.1 Å². The Balaban J connectivity index is 1.26. The number of aryl methyl sites for hydroxylation is 1. The monoisotopic (exact) mass is 563 g/mol. The smallest absolute Gasteiger partial charge is 0.324 e. The van der Waals surface area contributed by atoms with Crippen LogP contribution in [0.1, 0.15) is 43.8 Å². The standard InChI is InChI=1S/C29H31F2N7O3/c1-2-3-25-34-28(41-35-25)18-6-8-36(9-7-18)27-22-16-20(30)15-21(26(22)32-17-33-27)19-4-5-24(23(31)14-19)38-11-10-37(12-13-39)29(38)40/h4-5,14-18,39H,2-3,6-13H2,1H3. The molecule has 10 nitrogen and oxygen atoms in total. The van der Waals surface area contributed by atoms with Crippen molar-refractivity contribution in [1.29, 1.82) is 0 Å². The van der Waals surface area contributed by atoms with Gasteiger partial charge in [-0.05, 0) is 49.1 Å². The fourth-order valence-electron chi connectivity index (χ4n) is 5.72. The molecule has 0 atom stereocenters. The molecular weight excluding hydrogens is 532 g/mol. The highest BCUT2D eigenvalue weighted by Gasteiger charge is 2.31. The summed E-state index contributed by atoms with van der Waals surface area (Å²) in [6, 6.07) is 6.89. The first-order valence-electron chi connectivity index (χ1n) is 14.0. The molecule has 0 unspecified atom stereocenters. The van der Waals surface area contributed by atoms with E-state index >= 15 is 4.39 Å². The van der Waals surface area contributed by atoms with Gasteiger partial charge in [0.05, 0.1) is 17.8 Å². The van der Waals surface area contributed by atoms with Crippen molar-refractivity contribution in [2.75, 3.05) is 49.1 Å². The van der Waals surface area contributed by atoms with Crippen LogP contribution in [0.5, 0.6) is 0 Å². The minimum absolute atomic E-state index is 0.140. The molecule has 214 valence electrons. The van der Waals surface area contributed by atoms with Gasteiger partial charge in [-0.3, -0.25) is 4.90 Å². The number of rotatable bonds is 8. The van der Waals surface area contributed by atoms with Crippen molar-refractivity contribution in [3.05, 3.63) is 60.0 Å². The van der Waals surface area contributed by atoms with Gasteiger partial charge in [0.1, 0.15) is 23.8 Å². The number of amides is 2. The van der Waals surface area contributed by atoms with Gasteiger partial charge >= 0.3 is 6.03 Å². The van der Waals surface area contributed by atoms with Gasteiger partial charge in [-0.2, -0.15) is 4.98 Å². The second-order valence-electron chi connectivity index (χ2n) is 10.4. The van der Waals surface area contributed by atoms with Crippen LogP contribution < -0.4 is 9.80 Å². The van der Waals surface area contributed by atoms with Gasteiger partial charge in [-0.15, -0.1) is 0 Å². The van der Waals surface area contributed by atoms with E-state index in [9.17, 15) is 9.18 Å². The maximum Gasteiger partial charge on any atom is 0.324 e. The Kier molecular flexibility index (Phi) is 7.48. The van der Waals surface area contributed by atoms with Crippen molar-refractivity contribution < 1.29 is 23.2 Å². The number of piperidine rings is 1. The predicted molar refractivity (Wildman–Crippen MR) is 149 cm³/mol. The van der Waals surface area contributed by atoms with E-state index in [4.69, 9.17) is 9.63 Å². The number of nitrogens with zero attached hydrogens (tertiary/aromatic N) is 7. The molecule has 2 saturated heterocycles. The number of halogens is 2.